The maximum absolute atomic E-state index is 12.7. The summed E-state index contributed by atoms with van der Waals surface area (Å²) in [7, 11) is 2.16. The van der Waals surface area contributed by atoms with Crippen LogP contribution in [0.2, 0.25) is 0 Å². The Kier molecular flexibility index (Phi) is 6.28. The van der Waals surface area contributed by atoms with E-state index in [1.165, 1.54) is 11.9 Å². The summed E-state index contributed by atoms with van der Waals surface area (Å²) in [4.78, 5) is 35.1. The van der Waals surface area contributed by atoms with Crippen LogP contribution in [0, 0.1) is 0 Å². The maximum atomic E-state index is 12.7. The summed E-state index contributed by atoms with van der Waals surface area (Å²) in [5, 5.41) is 6.17. The van der Waals surface area contributed by atoms with Gasteiger partial charge < -0.3 is 15.1 Å². The molecule has 0 aliphatic carbocycles. The molecule has 1 amide bonds. The van der Waals surface area contributed by atoms with Gasteiger partial charge in [0.15, 0.2) is 5.65 Å². The molecule has 4 aromatic rings. The molecule has 0 atom stereocenters. The normalized spacial score (nSPS) is 14.5. The number of piperazine rings is 1. The minimum absolute atomic E-state index is 0.0230. The van der Waals surface area contributed by atoms with Gasteiger partial charge in [-0.05, 0) is 57.3 Å². The molecule has 35 heavy (non-hydrogen) atoms. The first-order valence-corrected chi connectivity index (χ1v) is 11.7. The number of rotatable bonds is 6. The van der Waals surface area contributed by atoms with Gasteiger partial charge in [0.2, 0.25) is 11.9 Å². The van der Waals surface area contributed by atoms with Crippen LogP contribution in [-0.2, 0) is 0 Å². The molecule has 10 nitrogen and oxygen atoms in total. The molecule has 5 rings (SSSR count). The zero-order chi connectivity index (χ0) is 24.4. The summed E-state index contributed by atoms with van der Waals surface area (Å²) < 4.78 is 1.90. The van der Waals surface area contributed by atoms with Gasteiger partial charge in [-0.2, -0.15) is 4.98 Å². The number of hydrogen-bond acceptors (Lipinski definition) is 8. The van der Waals surface area contributed by atoms with E-state index in [9.17, 15) is 4.79 Å². The van der Waals surface area contributed by atoms with E-state index in [1.807, 2.05) is 30.5 Å². The second-order valence-corrected chi connectivity index (χ2v) is 8.96. The first kappa shape index (κ1) is 22.7. The van der Waals surface area contributed by atoms with Gasteiger partial charge in [0.05, 0.1) is 11.8 Å². The van der Waals surface area contributed by atoms with Crippen LogP contribution < -0.4 is 15.5 Å². The van der Waals surface area contributed by atoms with Gasteiger partial charge in [0, 0.05) is 56.0 Å². The smallest absolute Gasteiger partial charge is 0.259 e. The van der Waals surface area contributed by atoms with E-state index in [0.29, 0.717) is 28.6 Å². The van der Waals surface area contributed by atoms with Gasteiger partial charge in [0.1, 0.15) is 5.52 Å². The van der Waals surface area contributed by atoms with Crippen molar-refractivity contribution >= 4 is 40.3 Å². The molecule has 1 aliphatic rings. The van der Waals surface area contributed by atoms with E-state index >= 15 is 0 Å². The number of carbonyl (C=O) groups excluding carboxylic acids is 1. The topological polar surface area (TPSA) is 104 Å². The van der Waals surface area contributed by atoms with E-state index in [2.05, 4.69) is 54.6 Å². The third-order valence-electron chi connectivity index (χ3n) is 6.09. The molecule has 3 aromatic heterocycles. The molecule has 1 aromatic carbocycles. The average molecular weight is 472 g/mol. The first-order valence-electron chi connectivity index (χ1n) is 11.7. The molecule has 0 radical (unpaired) electrons. The van der Waals surface area contributed by atoms with Gasteiger partial charge in [-0.25, -0.2) is 9.97 Å². The lowest BCUT2D eigenvalue weighted by Crippen LogP contribution is -2.44. The number of fused-ring (bicyclic) bond motifs is 1. The molecular weight excluding hydrogens is 442 g/mol. The minimum atomic E-state index is -0.276. The van der Waals surface area contributed by atoms with Crippen molar-refractivity contribution in [1.29, 1.82) is 0 Å². The van der Waals surface area contributed by atoms with Crippen molar-refractivity contribution in [3.63, 3.8) is 0 Å². The van der Waals surface area contributed by atoms with Crippen molar-refractivity contribution in [2.45, 2.75) is 19.9 Å². The van der Waals surface area contributed by atoms with E-state index in [-0.39, 0.29) is 11.9 Å². The number of aromatic nitrogens is 5. The van der Waals surface area contributed by atoms with Gasteiger partial charge in [0.25, 0.3) is 5.91 Å². The summed E-state index contributed by atoms with van der Waals surface area (Å²) in [5.74, 6) is 0.616. The fraction of sp³-hybridized carbons (Fsp3) is 0.320. The van der Waals surface area contributed by atoms with Crippen molar-refractivity contribution in [1.82, 2.24) is 29.4 Å². The highest BCUT2D eigenvalue weighted by Gasteiger charge is 2.19. The minimum Gasteiger partial charge on any atom is -0.369 e. The number of pyridine rings is 1. The van der Waals surface area contributed by atoms with Crippen molar-refractivity contribution in [2.24, 2.45) is 0 Å². The highest BCUT2D eigenvalue weighted by Crippen LogP contribution is 2.25. The van der Waals surface area contributed by atoms with Crippen LogP contribution in [0.15, 0.2) is 55.0 Å². The van der Waals surface area contributed by atoms with Crippen molar-refractivity contribution in [3.05, 3.63) is 60.6 Å². The summed E-state index contributed by atoms with van der Waals surface area (Å²) in [5.41, 5.74) is 3.84. The zero-order valence-corrected chi connectivity index (χ0v) is 20.1. The average Bonchev–Trinajstić information content (AvgIpc) is 3.23. The lowest BCUT2D eigenvalue weighted by Gasteiger charge is -2.34. The quantitative estimate of drug-likeness (QED) is 0.440. The monoisotopic (exact) mass is 471 g/mol. The molecule has 1 fully saturated rings. The number of imidazole rings is 1. The molecule has 0 saturated carbocycles. The molecule has 4 heterocycles. The first-order chi connectivity index (χ1) is 17.0. The Hall–Kier alpha value is -4.05. The largest absolute Gasteiger partial charge is 0.369 e. The third-order valence-corrected chi connectivity index (χ3v) is 6.09. The summed E-state index contributed by atoms with van der Waals surface area (Å²) in [6.45, 7) is 8.24. The SMILES string of the molecule is CC(C)n1c(NC(=O)c2cccnc2)nc2cnc(Nc3ccc(N4CCN(C)CC4)cc3)nc21. The van der Waals surface area contributed by atoms with Crippen molar-refractivity contribution in [2.75, 3.05) is 48.8 Å². The van der Waals surface area contributed by atoms with Crippen LogP contribution in [0.25, 0.3) is 11.2 Å². The number of likely N-dealkylation sites (N-methyl/N-ethyl adjacent to an activating group) is 1. The molecule has 0 bridgehead atoms. The van der Waals surface area contributed by atoms with E-state index in [0.717, 1.165) is 31.9 Å². The van der Waals surface area contributed by atoms with Crippen LogP contribution in [0.4, 0.5) is 23.3 Å². The Labute approximate surface area is 204 Å². The third kappa shape index (κ3) is 4.92. The molecule has 2 N–H and O–H groups in total. The summed E-state index contributed by atoms with van der Waals surface area (Å²) in [6, 6.07) is 11.8. The number of amides is 1. The highest BCUT2D eigenvalue weighted by molar-refractivity contribution is 6.03. The second-order valence-electron chi connectivity index (χ2n) is 8.96. The molecule has 0 spiro atoms. The Morgan fingerprint density at radius 3 is 2.46 bits per heavy atom. The lowest BCUT2D eigenvalue weighted by atomic mass is 10.2. The predicted molar refractivity (Wildman–Crippen MR) is 137 cm³/mol. The van der Waals surface area contributed by atoms with Crippen molar-refractivity contribution in [3.8, 4) is 0 Å². The molecule has 1 aliphatic heterocycles. The molecular formula is C25H29N9O. The fourth-order valence-electron chi connectivity index (χ4n) is 4.15. The van der Waals surface area contributed by atoms with Crippen LogP contribution in [-0.4, -0.2) is 68.5 Å². The Balaban J connectivity index is 1.36. The number of benzene rings is 1. The standard InChI is InChI=1S/C25H29N9O/c1-17(2)34-22-21(29-25(34)31-23(35)18-5-4-10-26-15-18)16-27-24(30-22)28-19-6-8-20(9-7-19)33-13-11-32(3)12-14-33/h4-10,15-17H,11-14H2,1-3H3,(H,27,28,30)(H,29,31,35). The summed E-state index contributed by atoms with van der Waals surface area (Å²) >= 11 is 0. The van der Waals surface area contributed by atoms with E-state index in [4.69, 9.17) is 4.98 Å². The Morgan fingerprint density at radius 2 is 1.77 bits per heavy atom. The zero-order valence-electron chi connectivity index (χ0n) is 20.1. The Morgan fingerprint density at radius 1 is 1.00 bits per heavy atom. The maximum Gasteiger partial charge on any atom is 0.259 e. The predicted octanol–water partition coefficient (Wildman–Crippen LogP) is 3.55. The van der Waals surface area contributed by atoms with Crippen molar-refractivity contribution < 1.29 is 4.79 Å². The number of anilines is 4. The Bertz CT molecular complexity index is 1310. The van der Waals surface area contributed by atoms with E-state index in [1.54, 1.807) is 24.5 Å². The van der Waals surface area contributed by atoms with Gasteiger partial charge in [-0.15, -0.1) is 0 Å². The summed E-state index contributed by atoms with van der Waals surface area (Å²) in [6.07, 6.45) is 4.82. The molecule has 180 valence electrons. The highest BCUT2D eigenvalue weighted by atomic mass is 16.1. The molecule has 10 heteroatoms. The molecule has 0 unspecified atom stereocenters. The van der Waals surface area contributed by atoms with Crippen LogP contribution in [0.5, 0.6) is 0 Å². The number of nitrogens with one attached hydrogen (secondary N) is 2. The number of carbonyl (C=O) groups is 1. The second kappa shape index (κ2) is 9.67. The van der Waals surface area contributed by atoms with Gasteiger partial charge >= 0.3 is 0 Å². The van der Waals surface area contributed by atoms with Crippen LogP contribution in [0.3, 0.4) is 0 Å². The molecule has 1 saturated heterocycles. The van der Waals surface area contributed by atoms with Crippen LogP contribution in [0.1, 0.15) is 30.2 Å². The van der Waals surface area contributed by atoms with Gasteiger partial charge in [-0.1, -0.05) is 0 Å². The number of nitrogens with zero attached hydrogens (tertiary/aromatic N) is 7. The number of hydrogen-bond donors (Lipinski definition) is 2. The van der Waals surface area contributed by atoms with Crippen LogP contribution >= 0.6 is 0 Å². The van der Waals surface area contributed by atoms with Gasteiger partial charge in [-0.3, -0.25) is 19.7 Å². The lowest BCUT2D eigenvalue weighted by molar-refractivity contribution is 0.102. The fourth-order valence-corrected chi connectivity index (χ4v) is 4.15. The van der Waals surface area contributed by atoms with E-state index < -0.39 is 0 Å².